The molecule has 1 aromatic heterocycles. The van der Waals surface area contributed by atoms with Gasteiger partial charge >= 0.3 is 0 Å². The van der Waals surface area contributed by atoms with Gasteiger partial charge in [0.15, 0.2) is 0 Å². The number of nitrogens with one attached hydrogen (secondary N) is 1. The average Bonchev–Trinajstić information content (AvgIpc) is 2.36. The van der Waals surface area contributed by atoms with Gasteiger partial charge in [0.05, 0.1) is 0 Å². The molecular weight excluding hydrogens is 214 g/mol. The second kappa shape index (κ2) is 7.01. The normalized spacial score (nSPS) is 12.2. The Hall–Kier alpha value is -1.42. The van der Waals surface area contributed by atoms with Crippen LogP contribution >= 0.6 is 0 Å². The molecule has 94 valence electrons. The van der Waals surface area contributed by atoms with Crippen LogP contribution in [0.1, 0.15) is 49.2 Å². The first-order chi connectivity index (χ1) is 8.17. The summed E-state index contributed by atoms with van der Waals surface area (Å²) < 4.78 is 0. The van der Waals surface area contributed by atoms with Crippen molar-refractivity contribution in [3.05, 3.63) is 29.6 Å². The highest BCUT2D eigenvalue weighted by atomic mass is 16.1. The number of carbonyl (C=O) groups excluding carboxylic acids is 1. The number of hydrogen-bond donors (Lipinski definition) is 2. The van der Waals surface area contributed by atoms with Crippen LogP contribution in [0.25, 0.3) is 0 Å². The minimum atomic E-state index is -0.114. The SMILES string of the molecule is CCCCC(C)NC(=O)c1ccc(CN)cn1. The van der Waals surface area contributed by atoms with E-state index in [-0.39, 0.29) is 11.9 Å². The Bertz CT molecular complexity index is 348. The van der Waals surface area contributed by atoms with E-state index in [0.29, 0.717) is 12.2 Å². The molecule has 0 bridgehead atoms. The van der Waals surface area contributed by atoms with Gasteiger partial charge in [-0.1, -0.05) is 25.8 Å². The molecule has 1 aromatic rings. The van der Waals surface area contributed by atoms with E-state index < -0.39 is 0 Å². The lowest BCUT2D eigenvalue weighted by molar-refractivity contribution is 0.0933. The third kappa shape index (κ3) is 4.53. The van der Waals surface area contributed by atoms with Gasteiger partial charge in [0.25, 0.3) is 5.91 Å². The van der Waals surface area contributed by atoms with Gasteiger partial charge in [-0.25, -0.2) is 0 Å². The van der Waals surface area contributed by atoms with Crippen molar-refractivity contribution in [3.8, 4) is 0 Å². The molecule has 3 N–H and O–H groups in total. The Morgan fingerprint density at radius 2 is 2.29 bits per heavy atom. The van der Waals surface area contributed by atoms with Crippen molar-refractivity contribution in [2.24, 2.45) is 5.73 Å². The summed E-state index contributed by atoms with van der Waals surface area (Å²) in [6.45, 7) is 4.60. The molecule has 0 fully saturated rings. The predicted octanol–water partition coefficient (Wildman–Crippen LogP) is 1.85. The van der Waals surface area contributed by atoms with Crippen LogP contribution in [0.15, 0.2) is 18.3 Å². The lowest BCUT2D eigenvalue weighted by Crippen LogP contribution is -2.33. The number of unbranched alkanes of at least 4 members (excludes halogenated alkanes) is 1. The van der Waals surface area contributed by atoms with E-state index in [0.717, 1.165) is 24.8 Å². The maximum absolute atomic E-state index is 11.8. The van der Waals surface area contributed by atoms with E-state index >= 15 is 0 Å². The molecule has 0 radical (unpaired) electrons. The first-order valence-corrected chi connectivity index (χ1v) is 6.13. The van der Waals surface area contributed by atoms with Crippen LogP contribution in [0.5, 0.6) is 0 Å². The van der Waals surface area contributed by atoms with Crippen molar-refractivity contribution in [1.29, 1.82) is 0 Å². The standard InChI is InChI=1S/C13H21N3O/c1-3-4-5-10(2)16-13(17)12-7-6-11(8-14)9-15-12/h6-7,9-10H,3-5,8,14H2,1-2H3,(H,16,17). The van der Waals surface area contributed by atoms with Gasteiger partial charge in [-0.3, -0.25) is 9.78 Å². The van der Waals surface area contributed by atoms with Gasteiger partial charge in [0.2, 0.25) is 0 Å². The largest absolute Gasteiger partial charge is 0.348 e. The molecule has 0 aliphatic carbocycles. The highest BCUT2D eigenvalue weighted by Crippen LogP contribution is 2.03. The van der Waals surface area contributed by atoms with Crippen LogP contribution in [0.4, 0.5) is 0 Å². The van der Waals surface area contributed by atoms with Crippen molar-refractivity contribution < 1.29 is 4.79 Å². The summed E-state index contributed by atoms with van der Waals surface area (Å²) >= 11 is 0. The van der Waals surface area contributed by atoms with Crippen molar-refractivity contribution >= 4 is 5.91 Å². The van der Waals surface area contributed by atoms with E-state index in [1.165, 1.54) is 0 Å². The third-order valence-electron chi connectivity index (χ3n) is 2.66. The molecule has 4 heteroatoms. The van der Waals surface area contributed by atoms with Crippen LogP contribution < -0.4 is 11.1 Å². The van der Waals surface area contributed by atoms with Crippen LogP contribution in [0.2, 0.25) is 0 Å². The number of rotatable bonds is 6. The van der Waals surface area contributed by atoms with Gasteiger partial charge in [-0.2, -0.15) is 0 Å². The monoisotopic (exact) mass is 235 g/mol. The van der Waals surface area contributed by atoms with Crippen LogP contribution in [-0.4, -0.2) is 16.9 Å². The molecule has 0 aliphatic rings. The number of nitrogens with zero attached hydrogens (tertiary/aromatic N) is 1. The van der Waals surface area contributed by atoms with E-state index in [1.54, 1.807) is 12.3 Å². The molecule has 0 spiro atoms. The minimum Gasteiger partial charge on any atom is -0.348 e. The first-order valence-electron chi connectivity index (χ1n) is 6.13. The van der Waals surface area contributed by atoms with Crippen LogP contribution in [0.3, 0.4) is 0 Å². The molecule has 4 nitrogen and oxygen atoms in total. The topological polar surface area (TPSA) is 68.0 Å². The number of nitrogens with two attached hydrogens (primary N) is 1. The maximum Gasteiger partial charge on any atom is 0.270 e. The van der Waals surface area contributed by atoms with Gasteiger partial charge in [0, 0.05) is 18.8 Å². The van der Waals surface area contributed by atoms with E-state index in [1.807, 2.05) is 13.0 Å². The van der Waals surface area contributed by atoms with E-state index in [4.69, 9.17) is 5.73 Å². The number of pyridine rings is 1. The summed E-state index contributed by atoms with van der Waals surface area (Å²) in [4.78, 5) is 15.9. The number of hydrogen-bond acceptors (Lipinski definition) is 3. The zero-order valence-electron chi connectivity index (χ0n) is 10.6. The number of amides is 1. The smallest absolute Gasteiger partial charge is 0.270 e. The molecule has 0 aliphatic heterocycles. The number of aromatic nitrogens is 1. The Morgan fingerprint density at radius 1 is 1.53 bits per heavy atom. The molecular formula is C13H21N3O. The fourth-order valence-corrected chi connectivity index (χ4v) is 1.56. The Labute approximate surface area is 103 Å². The lowest BCUT2D eigenvalue weighted by atomic mass is 10.1. The lowest BCUT2D eigenvalue weighted by Gasteiger charge is -2.12. The summed E-state index contributed by atoms with van der Waals surface area (Å²) in [5, 5.41) is 2.94. The fraction of sp³-hybridized carbons (Fsp3) is 0.538. The Balaban J connectivity index is 2.51. The molecule has 1 atom stereocenters. The molecule has 0 saturated carbocycles. The Morgan fingerprint density at radius 3 is 2.82 bits per heavy atom. The van der Waals surface area contributed by atoms with Gasteiger partial charge in [-0.15, -0.1) is 0 Å². The summed E-state index contributed by atoms with van der Waals surface area (Å²) in [6, 6.07) is 3.74. The maximum atomic E-state index is 11.8. The fourth-order valence-electron chi connectivity index (χ4n) is 1.56. The van der Waals surface area contributed by atoms with Crippen LogP contribution in [-0.2, 0) is 6.54 Å². The molecule has 1 unspecified atom stereocenters. The quantitative estimate of drug-likeness (QED) is 0.790. The summed E-state index contributed by atoms with van der Waals surface area (Å²) in [5.41, 5.74) is 6.85. The first kappa shape index (κ1) is 13.6. The average molecular weight is 235 g/mol. The highest BCUT2D eigenvalue weighted by Gasteiger charge is 2.10. The zero-order valence-corrected chi connectivity index (χ0v) is 10.6. The molecule has 0 saturated heterocycles. The minimum absolute atomic E-state index is 0.114. The number of carbonyl (C=O) groups is 1. The summed E-state index contributed by atoms with van der Waals surface area (Å²) in [5.74, 6) is -0.114. The molecule has 1 amide bonds. The van der Waals surface area contributed by atoms with Gasteiger partial charge in [0.1, 0.15) is 5.69 Å². The van der Waals surface area contributed by atoms with Crippen LogP contribution in [0, 0.1) is 0 Å². The van der Waals surface area contributed by atoms with Gasteiger partial charge in [-0.05, 0) is 25.0 Å². The summed E-state index contributed by atoms with van der Waals surface area (Å²) in [6.07, 6.45) is 4.92. The molecule has 0 aromatic carbocycles. The second-order valence-electron chi connectivity index (χ2n) is 4.27. The van der Waals surface area contributed by atoms with E-state index in [2.05, 4.69) is 17.2 Å². The second-order valence-corrected chi connectivity index (χ2v) is 4.27. The molecule has 17 heavy (non-hydrogen) atoms. The highest BCUT2D eigenvalue weighted by molar-refractivity contribution is 5.92. The molecule has 1 rings (SSSR count). The van der Waals surface area contributed by atoms with Crippen molar-refractivity contribution in [3.63, 3.8) is 0 Å². The predicted molar refractivity (Wildman–Crippen MR) is 68.6 cm³/mol. The third-order valence-corrected chi connectivity index (χ3v) is 2.66. The summed E-state index contributed by atoms with van der Waals surface area (Å²) in [7, 11) is 0. The molecule has 1 heterocycles. The Kier molecular flexibility index (Phi) is 5.63. The van der Waals surface area contributed by atoms with Crippen molar-refractivity contribution in [2.45, 2.75) is 45.7 Å². The van der Waals surface area contributed by atoms with Crippen molar-refractivity contribution in [1.82, 2.24) is 10.3 Å². The van der Waals surface area contributed by atoms with Gasteiger partial charge < -0.3 is 11.1 Å². The van der Waals surface area contributed by atoms with E-state index in [9.17, 15) is 4.79 Å². The zero-order chi connectivity index (χ0) is 12.7. The van der Waals surface area contributed by atoms with Crippen molar-refractivity contribution in [2.75, 3.05) is 0 Å².